The molecule has 0 spiro atoms. The van der Waals surface area contributed by atoms with Gasteiger partial charge in [-0.05, 0) is 55.0 Å². The van der Waals surface area contributed by atoms with Crippen molar-refractivity contribution >= 4 is 15.7 Å². The maximum absolute atomic E-state index is 12.5. The molecule has 0 saturated carbocycles. The summed E-state index contributed by atoms with van der Waals surface area (Å²) in [6.07, 6.45) is 6.24. The fourth-order valence-electron chi connectivity index (χ4n) is 4.25. The minimum absolute atomic E-state index is 0.234. The standard InChI is InChI=1S/C22H26N2O2S/c1-3-12-23-27(25,26)17-10-11-21-20(14-17)18-8-5-9-19(18)22(24-21)16-7-4-6-15(2)13-16/h4-8,10-11,13-14,18-19,22-24H,3,9,12H2,1-2H3. The van der Waals surface area contributed by atoms with Crippen molar-refractivity contribution in [2.24, 2.45) is 5.92 Å². The highest BCUT2D eigenvalue weighted by molar-refractivity contribution is 7.89. The molecule has 0 aromatic heterocycles. The van der Waals surface area contributed by atoms with Gasteiger partial charge in [0.2, 0.25) is 10.0 Å². The number of benzene rings is 2. The molecule has 2 N–H and O–H groups in total. The van der Waals surface area contributed by atoms with Crippen LogP contribution >= 0.6 is 0 Å². The Bertz CT molecular complexity index is 982. The average molecular weight is 383 g/mol. The molecular weight excluding hydrogens is 356 g/mol. The molecule has 0 radical (unpaired) electrons. The quantitative estimate of drug-likeness (QED) is 0.748. The van der Waals surface area contributed by atoms with E-state index in [0.29, 0.717) is 17.4 Å². The normalized spacial score (nSPS) is 23.6. The third kappa shape index (κ3) is 3.42. The minimum atomic E-state index is -3.46. The van der Waals surface area contributed by atoms with Crippen LogP contribution in [-0.2, 0) is 10.0 Å². The molecule has 0 bridgehead atoms. The second-order valence-electron chi connectivity index (χ2n) is 7.54. The Morgan fingerprint density at radius 3 is 2.81 bits per heavy atom. The Morgan fingerprint density at radius 1 is 1.19 bits per heavy atom. The summed E-state index contributed by atoms with van der Waals surface area (Å²) in [6, 6.07) is 14.3. The highest BCUT2D eigenvalue weighted by atomic mass is 32.2. The predicted octanol–water partition coefficient (Wildman–Crippen LogP) is 4.51. The molecule has 27 heavy (non-hydrogen) atoms. The van der Waals surface area contributed by atoms with E-state index in [-0.39, 0.29) is 12.0 Å². The van der Waals surface area contributed by atoms with Gasteiger partial charge < -0.3 is 5.32 Å². The molecule has 0 fully saturated rings. The Hall–Kier alpha value is -2.11. The molecule has 1 aliphatic heterocycles. The van der Waals surface area contributed by atoms with Gasteiger partial charge in [-0.25, -0.2) is 13.1 Å². The zero-order valence-electron chi connectivity index (χ0n) is 15.8. The lowest BCUT2D eigenvalue weighted by Crippen LogP contribution is -2.30. The smallest absolute Gasteiger partial charge is 0.240 e. The van der Waals surface area contributed by atoms with Crippen molar-refractivity contribution in [1.82, 2.24) is 4.72 Å². The SMILES string of the molecule is CCCNS(=O)(=O)c1ccc2c(c1)C1C=CCC1C(c1cccc(C)c1)N2. The van der Waals surface area contributed by atoms with E-state index >= 15 is 0 Å². The second kappa shape index (κ2) is 7.13. The topological polar surface area (TPSA) is 58.2 Å². The lowest BCUT2D eigenvalue weighted by atomic mass is 9.77. The molecule has 2 aromatic rings. The number of nitrogens with one attached hydrogen (secondary N) is 2. The van der Waals surface area contributed by atoms with Crippen molar-refractivity contribution in [1.29, 1.82) is 0 Å². The van der Waals surface area contributed by atoms with E-state index < -0.39 is 10.0 Å². The van der Waals surface area contributed by atoms with Gasteiger partial charge in [-0.15, -0.1) is 0 Å². The Balaban J connectivity index is 1.72. The van der Waals surface area contributed by atoms with Crippen LogP contribution in [0.1, 0.15) is 48.4 Å². The lowest BCUT2D eigenvalue weighted by Gasteiger charge is -2.37. The van der Waals surface area contributed by atoms with Crippen LogP contribution < -0.4 is 10.0 Å². The number of rotatable bonds is 5. The highest BCUT2D eigenvalue weighted by Crippen LogP contribution is 2.50. The van der Waals surface area contributed by atoms with Crippen molar-refractivity contribution in [3.8, 4) is 0 Å². The van der Waals surface area contributed by atoms with Gasteiger partial charge in [-0.1, -0.05) is 48.9 Å². The molecule has 0 saturated heterocycles. The second-order valence-corrected chi connectivity index (χ2v) is 9.30. The molecule has 4 rings (SSSR count). The summed E-state index contributed by atoms with van der Waals surface area (Å²) in [5.41, 5.74) is 4.66. The summed E-state index contributed by atoms with van der Waals surface area (Å²) >= 11 is 0. The first-order valence-electron chi connectivity index (χ1n) is 9.63. The van der Waals surface area contributed by atoms with Crippen molar-refractivity contribution in [3.63, 3.8) is 0 Å². The summed E-state index contributed by atoms with van der Waals surface area (Å²) in [4.78, 5) is 0.351. The molecule has 2 aliphatic rings. The predicted molar refractivity (Wildman–Crippen MR) is 109 cm³/mol. The maximum Gasteiger partial charge on any atom is 0.240 e. The van der Waals surface area contributed by atoms with Crippen LogP contribution in [0.4, 0.5) is 5.69 Å². The fraction of sp³-hybridized carbons (Fsp3) is 0.364. The zero-order valence-corrected chi connectivity index (χ0v) is 16.6. The molecule has 142 valence electrons. The first-order valence-corrected chi connectivity index (χ1v) is 11.1. The van der Waals surface area contributed by atoms with Gasteiger partial charge in [0.25, 0.3) is 0 Å². The maximum atomic E-state index is 12.5. The van der Waals surface area contributed by atoms with Crippen LogP contribution in [0.25, 0.3) is 0 Å². The number of hydrogen-bond acceptors (Lipinski definition) is 3. The van der Waals surface area contributed by atoms with Crippen molar-refractivity contribution in [2.75, 3.05) is 11.9 Å². The first kappa shape index (κ1) is 18.3. The monoisotopic (exact) mass is 382 g/mol. The van der Waals surface area contributed by atoms with E-state index in [2.05, 4.69) is 53.4 Å². The molecule has 4 nitrogen and oxygen atoms in total. The Morgan fingerprint density at radius 2 is 2.04 bits per heavy atom. The highest BCUT2D eigenvalue weighted by Gasteiger charge is 2.38. The van der Waals surface area contributed by atoms with E-state index in [4.69, 9.17) is 0 Å². The van der Waals surface area contributed by atoms with Gasteiger partial charge in [0.15, 0.2) is 0 Å². The summed E-state index contributed by atoms with van der Waals surface area (Å²) in [7, 11) is -3.46. The van der Waals surface area contributed by atoms with Gasteiger partial charge in [-0.2, -0.15) is 0 Å². The Labute approximate surface area is 161 Å². The molecule has 2 aromatic carbocycles. The molecular formula is C22H26N2O2S. The molecule has 1 aliphatic carbocycles. The number of allylic oxidation sites excluding steroid dienone is 2. The van der Waals surface area contributed by atoms with Gasteiger partial charge in [0, 0.05) is 18.2 Å². The van der Waals surface area contributed by atoms with Crippen LogP contribution in [0, 0.1) is 12.8 Å². The van der Waals surface area contributed by atoms with E-state index in [1.807, 2.05) is 19.1 Å². The number of hydrogen-bond donors (Lipinski definition) is 2. The first-order chi connectivity index (χ1) is 13.0. The molecule has 3 unspecified atom stereocenters. The van der Waals surface area contributed by atoms with E-state index in [0.717, 1.165) is 24.1 Å². The largest absolute Gasteiger partial charge is 0.378 e. The summed E-state index contributed by atoms with van der Waals surface area (Å²) in [5.74, 6) is 0.647. The molecule has 5 heteroatoms. The van der Waals surface area contributed by atoms with Crippen molar-refractivity contribution in [2.45, 2.75) is 43.5 Å². The Kier molecular flexibility index (Phi) is 4.82. The van der Waals surface area contributed by atoms with Crippen LogP contribution in [0.3, 0.4) is 0 Å². The van der Waals surface area contributed by atoms with Gasteiger partial charge in [0.05, 0.1) is 10.9 Å². The van der Waals surface area contributed by atoms with Gasteiger partial charge in [0.1, 0.15) is 0 Å². The summed E-state index contributed by atoms with van der Waals surface area (Å²) in [6.45, 7) is 4.53. The number of fused-ring (bicyclic) bond motifs is 3. The lowest BCUT2D eigenvalue weighted by molar-refractivity contribution is 0.425. The number of anilines is 1. The minimum Gasteiger partial charge on any atom is -0.378 e. The van der Waals surface area contributed by atoms with Crippen molar-refractivity contribution in [3.05, 3.63) is 71.3 Å². The zero-order chi connectivity index (χ0) is 19.0. The van der Waals surface area contributed by atoms with Crippen LogP contribution in [0.15, 0.2) is 59.5 Å². The summed E-state index contributed by atoms with van der Waals surface area (Å²) in [5, 5.41) is 3.68. The van der Waals surface area contributed by atoms with Crippen LogP contribution in [0.2, 0.25) is 0 Å². The molecule has 1 heterocycles. The van der Waals surface area contributed by atoms with Crippen LogP contribution in [0.5, 0.6) is 0 Å². The average Bonchev–Trinajstić information content (AvgIpc) is 3.15. The van der Waals surface area contributed by atoms with E-state index in [1.54, 1.807) is 6.07 Å². The molecule has 0 amide bonds. The van der Waals surface area contributed by atoms with E-state index in [9.17, 15) is 8.42 Å². The van der Waals surface area contributed by atoms with Gasteiger partial charge >= 0.3 is 0 Å². The third-order valence-corrected chi connectivity index (χ3v) is 7.05. The van der Waals surface area contributed by atoms with E-state index in [1.165, 1.54) is 11.1 Å². The van der Waals surface area contributed by atoms with Crippen molar-refractivity contribution < 1.29 is 8.42 Å². The number of sulfonamides is 1. The van der Waals surface area contributed by atoms with Crippen LogP contribution in [-0.4, -0.2) is 15.0 Å². The fourth-order valence-corrected chi connectivity index (χ4v) is 5.42. The van der Waals surface area contributed by atoms with Gasteiger partial charge in [-0.3, -0.25) is 0 Å². The third-order valence-electron chi connectivity index (χ3n) is 5.59. The molecule has 3 atom stereocenters. The number of aryl methyl sites for hydroxylation is 1. The summed E-state index contributed by atoms with van der Waals surface area (Å²) < 4.78 is 27.8.